The van der Waals surface area contributed by atoms with Crippen LogP contribution in [0, 0.1) is 29.7 Å². The number of hydrogen-bond donors (Lipinski definition) is 8. The molecule has 0 radical (unpaired) electrons. The molecule has 2 aromatic rings. The molecule has 2 saturated heterocycles. The molecule has 0 aromatic heterocycles. The van der Waals surface area contributed by atoms with Crippen molar-refractivity contribution in [1.29, 1.82) is 0 Å². The highest BCUT2D eigenvalue weighted by Gasteiger charge is 2.03. The Morgan fingerprint density at radius 1 is 0.500 bits per heavy atom. The second-order valence-electron chi connectivity index (χ2n) is 14.7. The zero-order valence-electron chi connectivity index (χ0n) is 66.8. The number of rotatable bonds is 20. The van der Waals surface area contributed by atoms with Crippen LogP contribution < -0.4 is 16.4 Å². The Morgan fingerprint density at radius 2 is 0.759 bits per heavy atom. The first-order valence-electron chi connectivity index (χ1n) is 28.1. The summed E-state index contributed by atoms with van der Waals surface area (Å²) in [6, 6.07) is 15.8. The van der Waals surface area contributed by atoms with E-state index in [1.807, 2.05) is 196 Å². The molecule has 2 unspecified atom stereocenters. The van der Waals surface area contributed by atoms with E-state index < -0.39 is 25.1 Å². The maximum absolute atomic E-state index is 10.8. The summed E-state index contributed by atoms with van der Waals surface area (Å²) in [4.78, 5) is 90.6. The molecule has 2 heterocycles. The first-order chi connectivity index (χ1) is 50.0. The summed E-state index contributed by atoms with van der Waals surface area (Å²) in [5.41, 5.74) is 8.46. The number of amides is 1. The lowest BCUT2D eigenvalue weighted by Crippen LogP contribution is -2.28. The molecule has 636 valence electrons. The van der Waals surface area contributed by atoms with E-state index >= 15 is 0 Å². The van der Waals surface area contributed by atoms with Crippen LogP contribution in [-0.4, -0.2) is 264 Å². The normalized spacial score (nSPS) is 10.3. The number of alkyl carbamates (subject to hydrolysis) is 1. The number of hydrogen-bond acceptors (Lipinski definition) is 39. The second kappa shape index (κ2) is 153. The Balaban J connectivity index is -0.0000000514. The minimum Gasteiger partial charge on any atom is -0.445 e. The van der Waals surface area contributed by atoms with Crippen LogP contribution in [0.25, 0.3) is 0 Å². The quantitative estimate of drug-likeness (QED) is 0.0116. The van der Waals surface area contributed by atoms with Crippen molar-refractivity contribution in [3.63, 3.8) is 0 Å². The van der Waals surface area contributed by atoms with Crippen LogP contribution in [0.4, 0.5) is 9.59 Å². The summed E-state index contributed by atoms with van der Waals surface area (Å²) in [6.45, 7) is 8.01. The lowest BCUT2D eigenvalue weighted by molar-refractivity contribution is -0.247. The fraction of sp³-hybridized carbons (Fsp3) is 0.471. The van der Waals surface area contributed by atoms with E-state index in [1.54, 1.807) is 147 Å². The third-order valence-electron chi connectivity index (χ3n) is 7.11. The van der Waals surface area contributed by atoms with Gasteiger partial charge in [0.2, 0.25) is 6.41 Å². The molecule has 2 aliphatic carbocycles. The maximum atomic E-state index is 10.8. The van der Waals surface area contributed by atoms with Crippen LogP contribution >= 0.6 is 181 Å². The second-order valence-corrected chi connectivity index (χ2v) is 31.7. The molecule has 24 nitrogen and oxygen atoms in total. The fourth-order valence-corrected chi connectivity index (χ4v) is 8.61. The van der Waals surface area contributed by atoms with Gasteiger partial charge in [-0.25, -0.2) is 9.59 Å². The van der Waals surface area contributed by atoms with E-state index in [9.17, 15) is 9.59 Å². The molecule has 40 heteroatoms. The summed E-state index contributed by atoms with van der Waals surface area (Å²) in [6.07, 6.45) is 38.6. The van der Waals surface area contributed by atoms with Gasteiger partial charge in [0, 0.05) is 89.5 Å². The van der Waals surface area contributed by atoms with Gasteiger partial charge in [-0.2, -0.15) is 109 Å². The summed E-state index contributed by atoms with van der Waals surface area (Å²) in [7, 11) is 23.9. The average molecular weight is 1830 g/mol. The van der Waals surface area contributed by atoms with Crippen molar-refractivity contribution in [2.75, 3.05) is 179 Å². The van der Waals surface area contributed by atoms with Crippen LogP contribution in [0.15, 0.2) is 131 Å². The van der Waals surface area contributed by atoms with Gasteiger partial charge < -0.3 is 94.7 Å². The number of carbonyl (C=O) groups is 2. The highest BCUT2D eigenvalue weighted by Crippen LogP contribution is 2.29. The van der Waals surface area contributed by atoms with Crippen LogP contribution in [0.5, 0.6) is 0 Å². The average Bonchev–Trinajstić information content (AvgIpc) is 0.995. The van der Waals surface area contributed by atoms with Crippen molar-refractivity contribution in [2.24, 2.45) is 5.73 Å². The number of ether oxygens (including phenoxy) is 6. The van der Waals surface area contributed by atoms with E-state index in [4.69, 9.17) is 107 Å². The minimum absolute atomic E-state index is 0. The lowest BCUT2D eigenvalue weighted by atomic mass is 10.1. The predicted octanol–water partition coefficient (Wildman–Crippen LogP) is 15.0. The molecule has 108 heavy (non-hydrogen) atoms. The van der Waals surface area contributed by atoms with Gasteiger partial charge in [-0.3, -0.25) is 5.32 Å². The summed E-state index contributed by atoms with van der Waals surface area (Å²) < 4.78 is 28.2. The van der Waals surface area contributed by atoms with Gasteiger partial charge in [-0.1, -0.05) is 173 Å². The van der Waals surface area contributed by atoms with Crippen molar-refractivity contribution in [3.8, 4) is 0 Å². The Morgan fingerprint density at radius 3 is 0.963 bits per heavy atom. The number of aliphatic hydroxyl groups is 5. The number of thiocarbonyl (C=S) groups is 2. The SMILES string of the molecule is C1CS1.C1CS1.C=C1C=CC(=S)C=C1.C=C1C=CC(=S)C=C1.CN.CNC(=O)OCc1ccc(SSC)cc1.CNC(O)OCCSSC.CO.CO.CO.COC(=O)OCc1ccc(SSC)cc1.COC(O)OCCSSC.CSC.CSC.CSC.CSC.O=C=O.O=C=O.O=C=O.O=C=O.[CH3-].[CH3-].[CH3-].[CH3-]. The zero-order valence-corrected chi connectivity index (χ0v) is 79.8. The molecule has 4 aliphatic rings. The van der Waals surface area contributed by atoms with E-state index in [0.29, 0.717) is 19.8 Å². The molecule has 6 rings (SSSR count). The predicted molar refractivity (Wildman–Crippen MR) is 493 cm³/mol. The molecule has 0 saturated carbocycles. The van der Waals surface area contributed by atoms with E-state index in [1.165, 1.54) is 54.1 Å². The van der Waals surface area contributed by atoms with Crippen molar-refractivity contribution in [2.45, 2.75) is 35.9 Å². The number of carbonyl (C=O) groups excluding carboxylic acids is 10. The van der Waals surface area contributed by atoms with Crippen LogP contribution in [0.2, 0.25) is 0 Å². The van der Waals surface area contributed by atoms with E-state index in [-0.39, 0.29) is 60.9 Å². The highest BCUT2D eigenvalue weighted by molar-refractivity contribution is 8.77. The van der Waals surface area contributed by atoms with Gasteiger partial charge in [0.15, 0.2) is 0 Å². The first-order valence-corrected chi connectivity index (χ1v) is 48.3. The molecular weight excluding hydrogens is 1710 g/mol. The molecule has 0 bridgehead atoms. The molecule has 0 spiro atoms. The largest absolute Gasteiger partial charge is 0.508 e. The molecule has 9 N–H and O–H groups in total. The van der Waals surface area contributed by atoms with Gasteiger partial charge in [-0.15, -0.1) is 0 Å². The van der Waals surface area contributed by atoms with Crippen molar-refractivity contribution in [3.05, 3.63) is 162 Å². The topological polar surface area (TPSA) is 377 Å². The van der Waals surface area contributed by atoms with Crippen LogP contribution in [0.3, 0.4) is 0 Å². The summed E-state index contributed by atoms with van der Waals surface area (Å²) in [5.74, 6) is 7.43. The van der Waals surface area contributed by atoms with Crippen LogP contribution in [-0.2, 0) is 80.0 Å². The van der Waals surface area contributed by atoms with Crippen molar-refractivity contribution < 1.29 is 102 Å². The number of benzene rings is 2. The molecular formula is C68H123N3O21S16-4. The van der Waals surface area contributed by atoms with Gasteiger partial charge in [-0.05, 0) is 160 Å². The number of methoxy groups -OCH3 is 2. The molecule has 1 amide bonds. The first kappa shape index (κ1) is 151. The zero-order chi connectivity index (χ0) is 83.7. The molecule has 2 fully saturated rings. The molecule has 2 atom stereocenters. The standard InChI is InChI=1S/C10H13NO2S2.C10H12O3S2.2C7H6S.C5H13NO2S2.C5H12O3S2.2C2H4S.4C2H6S.CH5N.4CO2.3CH4O.4CH3/c1-11-10(12)13-7-8-3-5-9(6-4-8)15-14-2;1-12-10(11)13-7-8-3-5-9(6-4-8)15-14-2;2*1-6-2-4-7(8)5-3-6;1-6-5(7)8-3-4-10-9-2;1-7-5(6)8-3-4-10-9-2;2*1-2-3-1;4*1-3-2;1-2;4*2-1-3;3*1-2;;;;/h3-6H,7H2,1-2H3,(H,11,12);3-6H,7H2,1-2H3;2*2-5H,1H2;5-7H,3-4H2,1-2H3;5-6H,3-4H2,1-2H3;2*1-2H2;4*1-2H3;2H2,1H3;;;;;3*2H,1H3;4*1H3/q;;;;;;;;;;;;;;;;;;;;4*-1. The number of thioether (sulfide) groups is 6. The van der Waals surface area contributed by atoms with E-state index in [0.717, 1.165) is 64.8 Å². The van der Waals surface area contributed by atoms with Crippen LogP contribution in [0.1, 0.15) is 11.1 Å². The number of nitrogens with one attached hydrogen (secondary N) is 2. The molecule has 2 aliphatic heterocycles. The smallest absolute Gasteiger partial charge is 0.445 e. The van der Waals surface area contributed by atoms with Gasteiger partial charge in [0.05, 0.1) is 20.3 Å². The summed E-state index contributed by atoms with van der Waals surface area (Å²) in [5, 5.41) is 43.5. The third kappa shape index (κ3) is 191. The minimum atomic E-state index is -1.07. The van der Waals surface area contributed by atoms with Crippen molar-refractivity contribution >= 4 is 228 Å². The third-order valence-corrected chi connectivity index (χ3v) is 15.4. The Bertz CT molecular complexity index is 2100. The van der Waals surface area contributed by atoms with Gasteiger partial charge >= 0.3 is 36.9 Å². The number of allylic oxidation sites excluding steroid dienone is 10. The Hall–Kier alpha value is -2.38. The maximum Gasteiger partial charge on any atom is 0.508 e. The highest BCUT2D eigenvalue weighted by atomic mass is 33.1. The molecule has 2 aromatic carbocycles. The van der Waals surface area contributed by atoms with Gasteiger partial charge in [0.25, 0.3) is 6.48 Å². The van der Waals surface area contributed by atoms with Gasteiger partial charge in [0.1, 0.15) is 13.2 Å². The lowest BCUT2D eigenvalue weighted by Gasteiger charge is -2.08. The Kier molecular flexibility index (Phi) is 214. The Labute approximate surface area is 717 Å². The number of aliphatic hydroxyl groups excluding tert-OH is 5. The monoisotopic (exact) mass is 1830 g/mol. The number of nitrogens with two attached hydrogens (primary N) is 1. The fourth-order valence-electron chi connectivity index (χ4n) is 3.57. The van der Waals surface area contributed by atoms with Crippen molar-refractivity contribution in [1.82, 2.24) is 10.6 Å². The van der Waals surface area contributed by atoms with E-state index in [2.05, 4.69) is 39.0 Å². The summed E-state index contributed by atoms with van der Waals surface area (Å²) >= 11 is 20.7.